The summed E-state index contributed by atoms with van der Waals surface area (Å²) in [6.45, 7) is -0.570. The monoisotopic (exact) mass is 370 g/mol. The average molecular weight is 370 g/mol. The number of hydrogen-bond acceptors (Lipinski definition) is 10. The first kappa shape index (κ1) is 17.8. The summed E-state index contributed by atoms with van der Waals surface area (Å²) in [4.78, 5) is 25.4. The third-order valence-electron chi connectivity index (χ3n) is 4.02. The minimum atomic E-state index is -1.44. The van der Waals surface area contributed by atoms with Gasteiger partial charge in [-0.15, -0.1) is 0 Å². The quantitative estimate of drug-likeness (QED) is 0.307. The number of aromatic nitrogens is 4. The van der Waals surface area contributed by atoms with Gasteiger partial charge in [-0.3, -0.25) is 14.7 Å². The number of nitrogens with zero attached hydrogens (tertiary/aromatic N) is 6. The second-order valence-electron chi connectivity index (χ2n) is 5.77. The normalized spacial score (nSPS) is 26.3. The molecule has 2 N–H and O–H groups in total. The number of anilines is 1. The molecule has 0 bridgehead atoms. The fourth-order valence-corrected chi connectivity index (χ4v) is 3.20. The van der Waals surface area contributed by atoms with Crippen molar-refractivity contribution < 1.29 is 19.9 Å². The highest BCUT2D eigenvalue weighted by Crippen LogP contribution is 2.34. The van der Waals surface area contributed by atoms with Crippen LogP contribution in [0.1, 0.15) is 6.23 Å². The van der Waals surface area contributed by atoms with Crippen molar-refractivity contribution in [2.45, 2.75) is 29.6 Å². The molecule has 3 rings (SSSR count). The zero-order valence-corrected chi connectivity index (χ0v) is 14.6. The molecular formula is C13H18N6O5S. The van der Waals surface area contributed by atoms with Crippen molar-refractivity contribution in [3.63, 3.8) is 0 Å². The lowest BCUT2D eigenvalue weighted by atomic mass is 10.1. The van der Waals surface area contributed by atoms with E-state index in [1.54, 1.807) is 4.90 Å². The van der Waals surface area contributed by atoms with E-state index in [2.05, 4.69) is 15.0 Å². The molecule has 0 unspecified atom stereocenters. The highest BCUT2D eigenvalue weighted by atomic mass is 32.2. The van der Waals surface area contributed by atoms with Crippen molar-refractivity contribution in [1.29, 1.82) is 0 Å². The Morgan fingerprint density at radius 3 is 2.72 bits per heavy atom. The first-order chi connectivity index (χ1) is 11.9. The smallest absolute Gasteiger partial charge is 0.271 e. The van der Waals surface area contributed by atoms with Gasteiger partial charge in [-0.2, -0.15) is 0 Å². The van der Waals surface area contributed by atoms with Crippen LogP contribution in [-0.2, 0) is 4.74 Å². The summed E-state index contributed by atoms with van der Waals surface area (Å²) in [6.07, 6.45) is -0.395. The summed E-state index contributed by atoms with van der Waals surface area (Å²) in [6, 6.07) is -1.43. The molecule has 2 aromatic rings. The molecule has 12 heteroatoms. The van der Waals surface area contributed by atoms with Gasteiger partial charge < -0.3 is 19.8 Å². The molecule has 4 atom stereocenters. The van der Waals surface area contributed by atoms with Gasteiger partial charge in [-0.05, 0) is 6.26 Å². The zero-order chi connectivity index (χ0) is 18.3. The third kappa shape index (κ3) is 2.90. The van der Waals surface area contributed by atoms with Gasteiger partial charge in [0, 0.05) is 19.0 Å². The van der Waals surface area contributed by atoms with E-state index in [9.17, 15) is 20.3 Å². The molecule has 0 aromatic carbocycles. The maximum absolute atomic E-state index is 11.2. The molecule has 0 amide bonds. The maximum Gasteiger partial charge on any atom is 0.271 e. The standard InChI is InChI=1S/C13H18N6O5S/c1-17(2)10-7-11(16-13(15-10)25-3)18(5-14-7)12-9(21)8(19(22)23)6(4-20)24-12/h5-6,8-9,12,20-21H,4H2,1-3H3/t6-,8-,9-,12+/m0/s1. The summed E-state index contributed by atoms with van der Waals surface area (Å²) < 4.78 is 6.97. The van der Waals surface area contributed by atoms with E-state index >= 15 is 0 Å². The molecule has 136 valence electrons. The number of aliphatic hydroxyl groups excluding tert-OH is 2. The Kier molecular flexibility index (Phi) is 4.77. The molecule has 11 nitrogen and oxygen atoms in total. The van der Waals surface area contributed by atoms with Gasteiger partial charge in [-0.25, -0.2) is 15.0 Å². The number of nitro groups is 1. The number of thioether (sulfide) groups is 1. The first-order valence-electron chi connectivity index (χ1n) is 7.42. The SMILES string of the molecule is CSc1nc(N(C)C)c2ncn([C@@H]3O[C@@H](CO)[C@H]([N+](=O)[O-])[C@@H]3O)c2n1. The van der Waals surface area contributed by atoms with E-state index in [-0.39, 0.29) is 0 Å². The zero-order valence-electron chi connectivity index (χ0n) is 13.8. The van der Waals surface area contributed by atoms with Crippen LogP contribution in [0.25, 0.3) is 11.2 Å². The van der Waals surface area contributed by atoms with Gasteiger partial charge in [0.2, 0.25) is 0 Å². The number of aliphatic hydroxyl groups is 2. The second-order valence-corrected chi connectivity index (χ2v) is 6.54. The number of ether oxygens (including phenoxy) is 1. The Bertz CT molecular complexity index is 799. The molecule has 0 aliphatic carbocycles. The average Bonchev–Trinajstić information content (AvgIpc) is 3.13. The maximum atomic E-state index is 11.2. The van der Waals surface area contributed by atoms with Crippen LogP contribution < -0.4 is 4.90 Å². The highest BCUT2D eigenvalue weighted by molar-refractivity contribution is 7.98. The van der Waals surface area contributed by atoms with Gasteiger partial charge in [0.1, 0.15) is 0 Å². The molecule has 1 aliphatic rings. The van der Waals surface area contributed by atoms with Crippen molar-refractivity contribution in [2.24, 2.45) is 0 Å². The summed E-state index contributed by atoms with van der Waals surface area (Å²) in [5, 5.41) is 31.4. The van der Waals surface area contributed by atoms with Crippen LogP contribution in [0.4, 0.5) is 5.82 Å². The Balaban J connectivity index is 2.10. The second kappa shape index (κ2) is 6.71. The molecular weight excluding hydrogens is 352 g/mol. The van der Waals surface area contributed by atoms with E-state index in [0.29, 0.717) is 22.1 Å². The molecule has 1 fully saturated rings. The molecule has 2 aromatic heterocycles. The van der Waals surface area contributed by atoms with Gasteiger partial charge in [-0.1, -0.05) is 11.8 Å². The predicted molar refractivity (Wildman–Crippen MR) is 89.2 cm³/mol. The molecule has 0 spiro atoms. The Labute approximate surface area is 146 Å². The van der Waals surface area contributed by atoms with Crippen LogP contribution in [-0.4, -0.2) is 79.9 Å². The Morgan fingerprint density at radius 1 is 1.48 bits per heavy atom. The van der Waals surface area contributed by atoms with Crippen LogP contribution in [0.2, 0.25) is 0 Å². The molecule has 3 heterocycles. The van der Waals surface area contributed by atoms with E-state index < -0.39 is 36.0 Å². The predicted octanol–water partition coefficient (Wildman–Crippen LogP) is -0.490. The fraction of sp³-hybridized carbons (Fsp3) is 0.615. The molecule has 25 heavy (non-hydrogen) atoms. The molecule has 1 saturated heterocycles. The highest BCUT2D eigenvalue weighted by Gasteiger charge is 2.52. The van der Waals surface area contributed by atoms with Crippen molar-refractivity contribution in [2.75, 3.05) is 31.9 Å². The van der Waals surface area contributed by atoms with Crippen LogP contribution in [0.15, 0.2) is 11.5 Å². The number of imidazole rings is 1. The summed E-state index contributed by atoms with van der Waals surface area (Å²) in [7, 11) is 3.63. The minimum Gasteiger partial charge on any atom is -0.393 e. The van der Waals surface area contributed by atoms with Crippen LogP contribution >= 0.6 is 11.8 Å². The van der Waals surface area contributed by atoms with E-state index in [1.165, 1.54) is 22.7 Å². The fourth-order valence-electron chi connectivity index (χ4n) is 2.84. The minimum absolute atomic E-state index is 0.396. The topological polar surface area (TPSA) is 140 Å². The number of hydrogen-bond donors (Lipinski definition) is 2. The number of rotatable bonds is 5. The van der Waals surface area contributed by atoms with Crippen LogP contribution in [0, 0.1) is 10.1 Å². The van der Waals surface area contributed by atoms with Crippen molar-refractivity contribution in [3.05, 3.63) is 16.4 Å². The number of fused-ring (bicyclic) bond motifs is 1. The largest absolute Gasteiger partial charge is 0.393 e. The van der Waals surface area contributed by atoms with E-state index in [0.717, 1.165) is 0 Å². The van der Waals surface area contributed by atoms with Gasteiger partial charge in [0.15, 0.2) is 40.6 Å². The Hall–Kier alpha value is -2.02. The molecule has 0 radical (unpaired) electrons. The van der Waals surface area contributed by atoms with Gasteiger partial charge in [0.25, 0.3) is 6.04 Å². The van der Waals surface area contributed by atoms with Crippen molar-refractivity contribution in [3.8, 4) is 0 Å². The van der Waals surface area contributed by atoms with Crippen molar-refractivity contribution >= 4 is 28.7 Å². The Morgan fingerprint density at radius 2 is 2.20 bits per heavy atom. The van der Waals surface area contributed by atoms with Gasteiger partial charge in [0.05, 0.1) is 12.9 Å². The third-order valence-corrected chi connectivity index (χ3v) is 4.57. The summed E-state index contributed by atoms with van der Waals surface area (Å²) >= 11 is 1.34. The van der Waals surface area contributed by atoms with E-state index in [4.69, 9.17) is 4.74 Å². The molecule has 0 saturated carbocycles. The lowest BCUT2D eigenvalue weighted by Crippen LogP contribution is -2.40. The van der Waals surface area contributed by atoms with E-state index in [1.807, 2.05) is 20.4 Å². The van der Waals surface area contributed by atoms with Crippen molar-refractivity contribution in [1.82, 2.24) is 19.5 Å². The lowest BCUT2D eigenvalue weighted by Gasteiger charge is -2.17. The lowest BCUT2D eigenvalue weighted by molar-refractivity contribution is -0.536. The molecule has 1 aliphatic heterocycles. The summed E-state index contributed by atoms with van der Waals surface area (Å²) in [5.41, 5.74) is 0.886. The van der Waals surface area contributed by atoms with Gasteiger partial charge >= 0.3 is 0 Å². The van der Waals surface area contributed by atoms with Crippen LogP contribution in [0.5, 0.6) is 0 Å². The van der Waals surface area contributed by atoms with Crippen LogP contribution in [0.3, 0.4) is 0 Å². The summed E-state index contributed by atoms with van der Waals surface area (Å²) in [5.74, 6) is 0.588. The first-order valence-corrected chi connectivity index (χ1v) is 8.65.